The summed E-state index contributed by atoms with van der Waals surface area (Å²) >= 11 is 0. The second-order valence-corrected chi connectivity index (χ2v) is 5.20. The number of amides is 1. The van der Waals surface area contributed by atoms with Crippen LogP contribution in [-0.4, -0.2) is 24.3 Å². The first-order chi connectivity index (χ1) is 11.2. The summed E-state index contributed by atoms with van der Waals surface area (Å²) in [6, 6.07) is 16.9. The van der Waals surface area contributed by atoms with Crippen LogP contribution in [0.2, 0.25) is 0 Å². The van der Waals surface area contributed by atoms with Gasteiger partial charge in [-0.3, -0.25) is 4.79 Å². The smallest absolute Gasteiger partial charge is 0.280 e. The number of carbonyl (C=O) groups excluding carboxylic acids is 1. The van der Waals surface area contributed by atoms with E-state index in [4.69, 9.17) is 9.47 Å². The molecule has 0 saturated heterocycles. The Balaban J connectivity index is 1.65. The normalized spacial score (nSPS) is 16.1. The number of nitrogens with one attached hydrogen (secondary N) is 1. The zero-order chi connectivity index (χ0) is 16.1. The van der Waals surface area contributed by atoms with Crippen LogP contribution >= 0.6 is 0 Å². The predicted octanol–water partition coefficient (Wildman–Crippen LogP) is 2.76. The molecular weight excluding hydrogens is 292 g/mol. The van der Waals surface area contributed by atoms with Crippen molar-refractivity contribution < 1.29 is 14.3 Å². The van der Waals surface area contributed by atoms with Gasteiger partial charge >= 0.3 is 0 Å². The van der Waals surface area contributed by atoms with Gasteiger partial charge in [-0.05, 0) is 31.2 Å². The van der Waals surface area contributed by atoms with Gasteiger partial charge in [-0.2, -0.15) is 5.10 Å². The molecule has 0 saturated carbocycles. The van der Waals surface area contributed by atoms with E-state index in [1.54, 1.807) is 6.92 Å². The minimum absolute atomic E-state index is 0.287. The maximum absolute atomic E-state index is 12.1. The zero-order valence-corrected chi connectivity index (χ0v) is 12.9. The van der Waals surface area contributed by atoms with Crippen LogP contribution in [0.1, 0.15) is 18.9 Å². The predicted molar refractivity (Wildman–Crippen MR) is 87.8 cm³/mol. The van der Waals surface area contributed by atoms with Crippen molar-refractivity contribution in [2.24, 2.45) is 5.10 Å². The van der Waals surface area contributed by atoms with E-state index in [1.807, 2.05) is 54.6 Å². The number of fused-ring (bicyclic) bond motifs is 1. The van der Waals surface area contributed by atoms with Gasteiger partial charge in [0.2, 0.25) is 0 Å². The molecule has 0 radical (unpaired) electrons. The van der Waals surface area contributed by atoms with Gasteiger partial charge in [0.15, 0.2) is 6.10 Å². The van der Waals surface area contributed by atoms with E-state index in [0.717, 1.165) is 17.0 Å². The van der Waals surface area contributed by atoms with E-state index >= 15 is 0 Å². The van der Waals surface area contributed by atoms with Crippen molar-refractivity contribution in [1.82, 2.24) is 5.43 Å². The summed E-state index contributed by atoms with van der Waals surface area (Å²) in [7, 11) is 0. The summed E-state index contributed by atoms with van der Waals surface area (Å²) in [5, 5.41) is 4.24. The molecule has 0 bridgehead atoms. The van der Waals surface area contributed by atoms with Crippen LogP contribution in [0, 0.1) is 0 Å². The van der Waals surface area contributed by atoms with Crippen LogP contribution in [-0.2, 0) is 4.79 Å². The Morgan fingerprint density at radius 3 is 2.74 bits per heavy atom. The van der Waals surface area contributed by atoms with Gasteiger partial charge in [-0.15, -0.1) is 0 Å². The van der Waals surface area contributed by atoms with Crippen molar-refractivity contribution in [3.8, 4) is 11.5 Å². The molecular formula is C18H18N2O3. The minimum atomic E-state index is -0.628. The van der Waals surface area contributed by atoms with Crippen molar-refractivity contribution in [3.63, 3.8) is 0 Å². The lowest BCUT2D eigenvalue weighted by atomic mass is 10.0. The van der Waals surface area contributed by atoms with Crippen LogP contribution in [0.4, 0.5) is 0 Å². The van der Waals surface area contributed by atoms with Gasteiger partial charge in [0.05, 0.1) is 12.3 Å². The van der Waals surface area contributed by atoms with E-state index in [1.165, 1.54) is 0 Å². The summed E-state index contributed by atoms with van der Waals surface area (Å²) in [5.74, 6) is 1.16. The fourth-order valence-electron chi connectivity index (χ4n) is 2.31. The Bertz CT molecular complexity index is 713. The monoisotopic (exact) mass is 310 g/mol. The third-order valence-corrected chi connectivity index (χ3v) is 3.52. The number of benzene rings is 2. The lowest BCUT2D eigenvalue weighted by Gasteiger charge is -2.19. The first kappa shape index (κ1) is 15.1. The summed E-state index contributed by atoms with van der Waals surface area (Å²) < 4.78 is 11.1. The van der Waals surface area contributed by atoms with Crippen LogP contribution in [0.5, 0.6) is 11.5 Å². The molecule has 23 heavy (non-hydrogen) atoms. The van der Waals surface area contributed by atoms with Gasteiger partial charge in [-0.1, -0.05) is 30.3 Å². The Hall–Kier alpha value is -2.82. The highest BCUT2D eigenvalue weighted by Gasteiger charge is 2.18. The molecule has 1 atom stereocenters. The second-order valence-electron chi connectivity index (χ2n) is 5.20. The quantitative estimate of drug-likeness (QED) is 0.883. The largest absolute Gasteiger partial charge is 0.492 e. The number of hydrazone groups is 1. The number of carbonyl (C=O) groups is 1. The van der Waals surface area contributed by atoms with E-state index in [0.29, 0.717) is 18.8 Å². The molecule has 5 nitrogen and oxygen atoms in total. The molecule has 1 unspecified atom stereocenters. The fraction of sp³-hybridized carbons (Fsp3) is 0.222. The highest BCUT2D eigenvalue weighted by atomic mass is 16.5. The fourth-order valence-corrected chi connectivity index (χ4v) is 2.31. The van der Waals surface area contributed by atoms with Crippen molar-refractivity contribution in [2.45, 2.75) is 19.4 Å². The Morgan fingerprint density at radius 1 is 1.17 bits per heavy atom. The summed E-state index contributed by atoms with van der Waals surface area (Å²) in [4.78, 5) is 12.1. The molecule has 1 amide bonds. The highest BCUT2D eigenvalue weighted by Crippen LogP contribution is 2.24. The number of nitrogens with zero attached hydrogens (tertiary/aromatic N) is 1. The molecule has 3 rings (SSSR count). The molecule has 0 fully saturated rings. The Morgan fingerprint density at radius 2 is 1.91 bits per heavy atom. The molecule has 2 aromatic carbocycles. The maximum Gasteiger partial charge on any atom is 0.280 e. The van der Waals surface area contributed by atoms with Crippen LogP contribution in [0.25, 0.3) is 0 Å². The molecule has 0 aliphatic carbocycles. The molecule has 0 aromatic heterocycles. The second kappa shape index (κ2) is 6.96. The lowest BCUT2D eigenvalue weighted by molar-refractivity contribution is -0.127. The lowest BCUT2D eigenvalue weighted by Crippen LogP contribution is -2.34. The summed E-state index contributed by atoms with van der Waals surface area (Å²) in [6.07, 6.45) is 0.0300. The van der Waals surface area contributed by atoms with Crippen molar-refractivity contribution in [2.75, 3.05) is 6.61 Å². The van der Waals surface area contributed by atoms with E-state index in [-0.39, 0.29) is 5.91 Å². The van der Waals surface area contributed by atoms with E-state index in [9.17, 15) is 4.79 Å². The first-order valence-corrected chi connectivity index (χ1v) is 7.54. The standard InChI is InChI=1S/C18H18N2O3/c1-13(23-14-7-3-2-4-8-14)18(21)20-19-16-11-12-22-17-10-6-5-9-15(16)17/h2-10,13H,11-12H2,1H3,(H,20,21)/b19-16-. The van der Waals surface area contributed by atoms with Gasteiger partial charge in [0.25, 0.3) is 5.91 Å². The van der Waals surface area contributed by atoms with E-state index < -0.39 is 6.10 Å². The Kier molecular flexibility index (Phi) is 4.57. The maximum atomic E-state index is 12.1. The van der Waals surface area contributed by atoms with Gasteiger partial charge in [0.1, 0.15) is 11.5 Å². The van der Waals surface area contributed by atoms with Crippen LogP contribution in [0.3, 0.4) is 0 Å². The molecule has 1 aliphatic heterocycles. The van der Waals surface area contributed by atoms with Crippen molar-refractivity contribution in [3.05, 3.63) is 60.2 Å². The molecule has 0 spiro atoms. The third kappa shape index (κ3) is 3.69. The average Bonchev–Trinajstić information content (AvgIpc) is 2.60. The van der Waals surface area contributed by atoms with Crippen LogP contribution < -0.4 is 14.9 Å². The topological polar surface area (TPSA) is 59.9 Å². The van der Waals surface area contributed by atoms with Crippen LogP contribution in [0.15, 0.2) is 59.7 Å². The van der Waals surface area contributed by atoms with Gasteiger partial charge in [0, 0.05) is 12.0 Å². The average molecular weight is 310 g/mol. The first-order valence-electron chi connectivity index (χ1n) is 7.54. The van der Waals surface area contributed by atoms with Gasteiger partial charge < -0.3 is 9.47 Å². The molecule has 1 N–H and O–H groups in total. The molecule has 118 valence electrons. The number of para-hydroxylation sites is 2. The van der Waals surface area contributed by atoms with Gasteiger partial charge in [-0.25, -0.2) is 5.43 Å². The Labute approximate surface area is 134 Å². The SMILES string of the molecule is CC(Oc1ccccc1)C(=O)N/N=C1/CCOc2ccccc21. The third-order valence-electron chi connectivity index (χ3n) is 3.52. The van der Waals surface area contributed by atoms with E-state index in [2.05, 4.69) is 10.5 Å². The number of rotatable bonds is 4. The summed E-state index contributed by atoms with van der Waals surface area (Å²) in [6.45, 7) is 2.25. The summed E-state index contributed by atoms with van der Waals surface area (Å²) in [5.41, 5.74) is 4.31. The minimum Gasteiger partial charge on any atom is -0.492 e. The van der Waals surface area contributed by atoms with Crippen molar-refractivity contribution >= 4 is 11.6 Å². The number of hydrogen-bond acceptors (Lipinski definition) is 4. The number of ether oxygens (including phenoxy) is 2. The molecule has 5 heteroatoms. The number of hydrogen-bond donors (Lipinski definition) is 1. The molecule has 2 aromatic rings. The molecule has 1 aliphatic rings. The van der Waals surface area contributed by atoms with Crippen molar-refractivity contribution in [1.29, 1.82) is 0 Å². The molecule has 1 heterocycles. The zero-order valence-electron chi connectivity index (χ0n) is 12.9. The highest BCUT2D eigenvalue weighted by molar-refractivity contribution is 6.04.